The van der Waals surface area contributed by atoms with Gasteiger partial charge >= 0.3 is 0 Å². The van der Waals surface area contributed by atoms with E-state index in [4.69, 9.17) is 0 Å². The van der Waals surface area contributed by atoms with Crippen molar-refractivity contribution in [3.8, 4) is 0 Å². The van der Waals surface area contributed by atoms with Gasteiger partial charge in [-0.25, -0.2) is 0 Å². The summed E-state index contributed by atoms with van der Waals surface area (Å²) in [6.07, 6.45) is 0. The molecule has 2 aromatic carbocycles. The molecular formula is C18H15N3O3. The van der Waals surface area contributed by atoms with E-state index in [-0.39, 0.29) is 10.8 Å². The van der Waals surface area contributed by atoms with Crippen LogP contribution in [0.15, 0.2) is 65.8 Å². The first-order chi connectivity index (χ1) is 11.6. The molecule has 6 heteroatoms. The second-order valence-corrected chi connectivity index (χ2v) is 6.13. The van der Waals surface area contributed by atoms with E-state index in [9.17, 15) is 14.9 Å². The number of nitro groups is 1. The van der Waals surface area contributed by atoms with E-state index in [0.29, 0.717) is 11.4 Å². The van der Waals surface area contributed by atoms with Gasteiger partial charge in [-0.05, 0) is 24.6 Å². The first-order valence-corrected chi connectivity index (χ1v) is 7.72. The molecule has 1 amide bonds. The molecule has 1 fully saturated rings. The van der Waals surface area contributed by atoms with Crippen molar-refractivity contribution in [2.45, 2.75) is 18.9 Å². The Labute approximate surface area is 138 Å². The average Bonchev–Trinajstić information content (AvgIpc) is 3.25. The van der Waals surface area contributed by atoms with E-state index in [1.165, 1.54) is 5.01 Å². The molecule has 1 heterocycles. The number of hydrogen-bond donors (Lipinski definition) is 0. The van der Waals surface area contributed by atoms with Crippen LogP contribution >= 0.6 is 0 Å². The Bertz CT molecular complexity index is 850. The second kappa shape index (κ2) is 4.99. The molecule has 2 aromatic rings. The average molecular weight is 321 g/mol. The van der Waals surface area contributed by atoms with E-state index < -0.39 is 17.4 Å². The Morgan fingerprint density at radius 1 is 1.08 bits per heavy atom. The molecule has 3 unspecified atom stereocenters. The van der Waals surface area contributed by atoms with Gasteiger partial charge in [0.05, 0.1) is 17.3 Å². The molecule has 120 valence electrons. The summed E-state index contributed by atoms with van der Waals surface area (Å²) in [7, 11) is 0. The van der Waals surface area contributed by atoms with Crippen LogP contribution in [0, 0.1) is 15.5 Å². The van der Waals surface area contributed by atoms with Gasteiger partial charge in [0.1, 0.15) is 0 Å². The van der Waals surface area contributed by atoms with Gasteiger partial charge in [0, 0.05) is 4.92 Å². The Hall–Kier alpha value is -3.02. The first kappa shape index (κ1) is 14.6. The molecule has 1 saturated carbocycles. The number of amides is 1. The Morgan fingerprint density at radius 3 is 2.25 bits per heavy atom. The molecule has 0 radical (unpaired) electrons. The van der Waals surface area contributed by atoms with Crippen molar-refractivity contribution in [3.05, 3.63) is 76.3 Å². The number of benzene rings is 2. The van der Waals surface area contributed by atoms with Crippen molar-refractivity contribution >= 4 is 17.3 Å². The first-order valence-electron chi connectivity index (χ1n) is 7.72. The van der Waals surface area contributed by atoms with Gasteiger partial charge in [0.2, 0.25) is 6.04 Å². The summed E-state index contributed by atoms with van der Waals surface area (Å²) in [4.78, 5) is 24.4. The zero-order valence-corrected chi connectivity index (χ0v) is 13.0. The summed E-state index contributed by atoms with van der Waals surface area (Å²) < 4.78 is 0. The summed E-state index contributed by atoms with van der Waals surface area (Å²) in [5.74, 6) is -0.791. The molecule has 0 aromatic heterocycles. The van der Waals surface area contributed by atoms with Gasteiger partial charge in [0.15, 0.2) is 5.41 Å². The van der Waals surface area contributed by atoms with Crippen LogP contribution in [0.5, 0.6) is 0 Å². The Kier molecular flexibility index (Phi) is 3.03. The molecule has 24 heavy (non-hydrogen) atoms. The zero-order chi connectivity index (χ0) is 16.9. The minimum absolute atomic E-state index is 0.318. The monoisotopic (exact) mass is 321 g/mol. The SMILES string of the molecule is CC1=NN(c2ccccc2)C(=O)C12C(c1ccccc1)C2[N+](=O)[O-]. The minimum atomic E-state index is -1.17. The third-order valence-corrected chi connectivity index (χ3v) is 4.95. The molecule has 0 bridgehead atoms. The van der Waals surface area contributed by atoms with Crippen LogP contribution in [-0.4, -0.2) is 22.6 Å². The van der Waals surface area contributed by atoms with Crippen LogP contribution in [0.2, 0.25) is 0 Å². The van der Waals surface area contributed by atoms with E-state index in [1.54, 1.807) is 19.1 Å². The van der Waals surface area contributed by atoms with Crippen molar-refractivity contribution in [3.63, 3.8) is 0 Å². The fraction of sp³-hybridized carbons (Fsp3) is 0.222. The number of hydrazone groups is 1. The fourth-order valence-corrected chi connectivity index (χ4v) is 3.81. The van der Waals surface area contributed by atoms with Crippen LogP contribution in [0.1, 0.15) is 18.4 Å². The number of carbonyl (C=O) groups is 1. The molecule has 3 atom stereocenters. The topological polar surface area (TPSA) is 75.8 Å². The highest BCUT2D eigenvalue weighted by molar-refractivity contribution is 6.22. The number of rotatable bonds is 3. The molecule has 1 spiro atoms. The van der Waals surface area contributed by atoms with E-state index in [0.717, 1.165) is 5.56 Å². The predicted molar refractivity (Wildman–Crippen MR) is 89.4 cm³/mol. The third-order valence-electron chi connectivity index (χ3n) is 4.95. The highest BCUT2D eigenvalue weighted by Gasteiger charge is 2.83. The fourth-order valence-electron chi connectivity index (χ4n) is 3.81. The van der Waals surface area contributed by atoms with Crippen molar-refractivity contribution in [2.24, 2.45) is 10.5 Å². The summed E-state index contributed by atoms with van der Waals surface area (Å²) >= 11 is 0. The molecule has 1 aliphatic heterocycles. The standard InChI is InChI=1S/C18H15N3O3/c1-12-18(17(22)20(19-12)14-10-6-3-7-11-14)15(16(18)21(23)24)13-8-4-2-5-9-13/h2-11,15-16H,1H3. The zero-order valence-electron chi connectivity index (χ0n) is 13.0. The van der Waals surface area contributed by atoms with E-state index >= 15 is 0 Å². The van der Waals surface area contributed by atoms with Crippen molar-refractivity contribution in [1.29, 1.82) is 0 Å². The van der Waals surface area contributed by atoms with E-state index in [1.807, 2.05) is 48.5 Å². The van der Waals surface area contributed by atoms with Crippen LogP contribution in [0.3, 0.4) is 0 Å². The van der Waals surface area contributed by atoms with Gasteiger partial charge in [-0.2, -0.15) is 10.1 Å². The number of nitrogens with zero attached hydrogens (tertiary/aromatic N) is 3. The normalized spacial score (nSPS) is 28.1. The summed E-state index contributed by atoms with van der Waals surface area (Å²) in [5, 5.41) is 17.3. The van der Waals surface area contributed by atoms with Gasteiger partial charge in [-0.3, -0.25) is 14.9 Å². The number of para-hydroxylation sites is 1. The van der Waals surface area contributed by atoms with Gasteiger partial charge in [-0.15, -0.1) is 0 Å². The predicted octanol–water partition coefficient (Wildman–Crippen LogP) is 2.84. The maximum absolute atomic E-state index is 13.1. The van der Waals surface area contributed by atoms with Crippen molar-refractivity contribution in [2.75, 3.05) is 5.01 Å². The highest BCUT2D eigenvalue weighted by atomic mass is 16.6. The largest absolute Gasteiger partial charge is 0.271 e. The van der Waals surface area contributed by atoms with Crippen molar-refractivity contribution in [1.82, 2.24) is 0 Å². The van der Waals surface area contributed by atoms with E-state index in [2.05, 4.69) is 5.10 Å². The van der Waals surface area contributed by atoms with Crippen LogP contribution in [0.25, 0.3) is 0 Å². The van der Waals surface area contributed by atoms with Gasteiger partial charge in [-0.1, -0.05) is 48.5 Å². The lowest BCUT2D eigenvalue weighted by Gasteiger charge is -2.13. The minimum Gasteiger partial charge on any atom is -0.271 e. The lowest BCUT2D eigenvalue weighted by atomic mass is 9.94. The number of carbonyl (C=O) groups excluding carboxylic acids is 1. The Morgan fingerprint density at radius 2 is 1.67 bits per heavy atom. The second-order valence-electron chi connectivity index (χ2n) is 6.13. The van der Waals surface area contributed by atoms with Crippen LogP contribution in [0.4, 0.5) is 5.69 Å². The summed E-state index contributed by atoms with van der Waals surface area (Å²) in [6.45, 7) is 1.71. The van der Waals surface area contributed by atoms with Gasteiger partial charge < -0.3 is 0 Å². The molecule has 4 rings (SSSR count). The molecule has 0 saturated heterocycles. The highest BCUT2D eigenvalue weighted by Crippen LogP contribution is 2.64. The lowest BCUT2D eigenvalue weighted by Crippen LogP contribution is -2.33. The molecular weight excluding hydrogens is 306 g/mol. The quantitative estimate of drug-likeness (QED) is 0.644. The number of anilines is 1. The molecule has 6 nitrogen and oxygen atoms in total. The third kappa shape index (κ3) is 1.76. The summed E-state index contributed by atoms with van der Waals surface area (Å²) in [5.41, 5.74) is 0.768. The lowest BCUT2D eigenvalue weighted by molar-refractivity contribution is -0.500. The smallest absolute Gasteiger partial charge is 0.267 e. The maximum Gasteiger partial charge on any atom is 0.267 e. The molecule has 0 N–H and O–H groups in total. The van der Waals surface area contributed by atoms with Crippen molar-refractivity contribution < 1.29 is 9.72 Å². The molecule has 1 aliphatic carbocycles. The maximum atomic E-state index is 13.1. The van der Waals surface area contributed by atoms with Crippen LogP contribution < -0.4 is 5.01 Å². The number of hydrogen-bond acceptors (Lipinski definition) is 4. The summed E-state index contributed by atoms with van der Waals surface area (Å²) in [6, 6.07) is 17.2. The van der Waals surface area contributed by atoms with Gasteiger partial charge in [0.25, 0.3) is 5.91 Å². The molecule has 2 aliphatic rings. The van der Waals surface area contributed by atoms with Crippen LogP contribution in [-0.2, 0) is 4.79 Å². The Balaban J connectivity index is 1.79.